The molecule has 1 heterocycles. The minimum Gasteiger partial charge on any atom is -0.488 e. The van der Waals surface area contributed by atoms with Crippen molar-refractivity contribution in [2.75, 3.05) is 19.8 Å². The summed E-state index contributed by atoms with van der Waals surface area (Å²) >= 11 is 11.8. The normalized spacial score (nSPS) is 10.9. The van der Waals surface area contributed by atoms with Gasteiger partial charge in [-0.05, 0) is 44.2 Å². The van der Waals surface area contributed by atoms with Gasteiger partial charge in [0.15, 0.2) is 6.29 Å². The van der Waals surface area contributed by atoms with E-state index in [0.29, 0.717) is 47.2 Å². The van der Waals surface area contributed by atoms with Crippen molar-refractivity contribution in [2.24, 2.45) is 0 Å². The van der Waals surface area contributed by atoms with Crippen molar-refractivity contribution >= 4 is 23.2 Å². The van der Waals surface area contributed by atoms with E-state index in [9.17, 15) is 0 Å². The fourth-order valence-electron chi connectivity index (χ4n) is 1.87. The van der Waals surface area contributed by atoms with E-state index < -0.39 is 0 Å². The molecule has 0 amide bonds. The first-order chi connectivity index (χ1) is 11.6. The second kappa shape index (κ2) is 9.69. The summed E-state index contributed by atoms with van der Waals surface area (Å²) < 4.78 is 22.1. The van der Waals surface area contributed by atoms with Gasteiger partial charge in [-0.1, -0.05) is 23.2 Å². The van der Waals surface area contributed by atoms with Crippen molar-refractivity contribution in [3.05, 3.63) is 46.6 Å². The number of nitrogens with zero attached hydrogens (tertiary/aromatic N) is 1. The lowest BCUT2D eigenvalue weighted by Crippen LogP contribution is -2.25. The lowest BCUT2D eigenvalue weighted by atomic mass is 10.3. The van der Waals surface area contributed by atoms with Crippen molar-refractivity contribution in [2.45, 2.75) is 20.1 Å². The monoisotopic (exact) mass is 371 g/mol. The lowest BCUT2D eigenvalue weighted by molar-refractivity contribution is -0.152. The summed E-state index contributed by atoms with van der Waals surface area (Å²) in [5.41, 5.74) is 0. The first-order valence-corrected chi connectivity index (χ1v) is 8.33. The van der Waals surface area contributed by atoms with E-state index in [2.05, 4.69) is 4.98 Å². The van der Waals surface area contributed by atoms with Crippen LogP contribution in [0.3, 0.4) is 0 Å². The van der Waals surface area contributed by atoms with Crippen molar-refractivity contribution in [3.8, 4) is 17.4 Å². The topological polar surface area (TPSA) is 49.8 Å². The molecule has 24 heavy (non-hydrogen) atoms. The number of ether oxygens (including phenoxy) is 4. The third-order valence-electron chi connectivity index (χ3n) is 2.90. The highest BCUT2D eigenvalue weighted by Gasteiger charge is 2.09. The molecule has 7 heteroatoms. The zero-order valence-electron chi connectivity index (χ0n) is 13.5. The highest BCUT2D eigenvalue weighted by molar-refractivity contribution is 6.35. The van der Waals surface area contributed by atoms with E-state index >= 15 is 0 Å². The van der Waals surface area contributed by atoms with Gasteiger partial charge in [0.25, 0.3) is 0 Å². The molecule has 0 aliphatic rings. The minimum atomic E-state index is -0.381. The fraction of sp³-hybridized carbons (Fsp3) is 0.353. The smallest absolute Gasteiger partial charge is 0.238 e. The predicted molar refractivity (Wildman–Crippen MR) is 93.3 cm³/mol. The van der Waals surface area contributed by atoms with E-state index in [4.69, 9.17) is 42.1 Å². The Kier molecular flexibility index (Phi) is 7.59. The molecule has 1 aromatic carbocycles. The third kappa shape index (κ3) is 5.83. The first kappa shape index (κ1) is 18.8. The maximum atomic E-state index is 6.03. The quantitative estimate of drug-likeness (QED) is 0.583. The van der Waals surface area contributed by atoms with Gasteiger partial charge in [0.05, 0.1) is 5.02 Å². The summed E-state index contributed by atoms with van der Waals surface area (Å²) in [6.07, 6.45) is 1.09. The molecule has 130 valence electrons. The van der Waals surface area contributed by atoms with E-state index in [1.165, 1.54) is 6.20 Å². The first-order valence-electron chi connectivity index (χ1n) is 7.57. The summed E-state index contributed by atoms with van der Waals surface area (Å²) in [6.45, 7) is 5.26. The van der Waals surface area contributed by atoms with Gasteiger partial charge in [0.2, 0.25) is 5.88 Å². The van der Waals surface area contributed by atoms with Crippen molar-refractivity contribution in [1.29, 1.82) is 0 Å². The Bertz CT molecular complexity index is 631. The fourth-order valence-corrected chi connectivity index (χ4v) is 2.29. The molecule has 0 atom stereocenters. The maximum absolute atomic E-state index is 6.03. The van der Waals surface area contributed by atoms with Gasteiger partial charge in [0.1, 0.15) is 23.1 Å². The number of pyridine rings is 1. The van der Waals surface area contributed by atoms with Crippen LogP contribution in [0.15, 0.2) is 36.5 Å². The Hall–Kier alpha value is -1.53. The number of halogens is 2. The van der Waals surface area contributed by atoms with Gasteiger partial charge in [-0.2, -0.15) is 0 Å². The Labute approximate surface area is 151 Å². The second-order valence-corrected chi connectivity index (χ2v) is 5.51. The molecule has 1 aromatic heterocycles. The van der Waals surface area contributed by atoms with Gasteiger partial charge in [-0.25, -0.2) is 4.98 Å². The van der Waals surface area contributed by atoms with Gasteiger partial charge in [-0.15, -0.1) is 0 Å². The number of aromatic nitrogens is 1. The Morgan fingerprint density at radius 2 is 1.62 bits per heavy atom. The molecule has 0 bridgehead atoms. The molecular formula is C17H19Cl2NO4. The van der Waals surface area contributed by atoms with Crippen LogP contribution in [0.4, 0.5) is 0 Å². The van der Waals surface area contributed by atoms with Crippen LogP contribution in [-0.4, -0.2) is 31.1 Å². The summed E-state index contributed by atoms with van der Waals surface area (Å²) in [5.74, 6) is 1.56. The summed E-state index contributed by atoms with van der Waals surface area (Å²) in [4.78, 5) is 4.05. The predicted octanol–water partition coefficient (Wildman–Crippen LogP) is 4.96. The Morgan fingerprint density at radius 1 is 1.00 bits per heavy atom. The Balaban J connectivity index is 1.92. The van der Waals surface area contributed by atoms with Crippen LogP contribution in [0, 0.1) is 0 Å². The van der Waals surface area contributed by atoms with Crippen LogP contribution in [0.25, 0.3) is 0 Å². The zero-order chi connectivity index (χ0) is 17.4. The number of benzene rings is 1. The molecule has 0 spiro atoms. The van der Waals surface area contributed by atoms with E-state index in [-0.39, 0.29) is 6.29 Å². The molecule has 0 fully saturated rings. The van der Waals surface area contributed by atoms with Gasteiger partial charge in [-0.3, -0.25) is 0 Å². The largest absolute Gasteiger partial charge is 0.488 e. The van der Waals surface area contributed by atoms with E-state index in [1.54, 1.807) is 30.3 Å². The molecule has 0 saturated carbocycles. The number of hydrogen-bond acceptors (Lipinski definition) is 5. The summed E-state index contributed by atoms with van der Waals surface area (Å²) in [7, 11) is 0. The van der Waals surface area contributed by atoms with Crippen LogP contribution in [-0.2, 0) is 9.47 Å². The SMILES string of the molecule is CCOC(COc1ccc(Oc2ncc(Cl)cc2Cl)cc1)OCC. The standard InChI is InChI=1S/C17H19Cl2NO4/c1-3-21-16(22-4-2)11-23-13-5-7-14(8-6-13)24-17-15(19)9-12(18)10-20-17/h5-10,16H,3-4,11H2,1-2H3. The lowest BCUT2D eigenvalue weighted by Gasteiger charge is -2.17. The van der Waals surface area contributed by atoms with Crippen LogP contribution in [0.2, 0.25) is 10.0 Å². The summed E-state index contributed by atoms with van der Waals surface area (Å²) in [6, 6.07) is 8.67. The van der Waals surface area contributed by atoms with Crippen LogP contribution in [0.1, 0.15) is 13.8 Å². The van der Waals surface area contributed by atoms with Gasteiger partial charge >= 0.3 is 0 Å². The molecule has 2 rings (SSSR count). The average molecular weight is 372 g/mol. The Morgan fingerprint density at radius 3 is 2.21 bits per heavy atom. The summed E-state index contributed by atoms with van der Waals surface area (Å²) in [5, 5.41) is 0.799. The van der Waals surface area contributed by atoms with Crippen LogP contribution >= 0.6 is 23.2 Å². The van der Waals surface area contributed by atoms with E-state index in [0.717, 1.165) is 0 Å². The van der Waals surface area contributed by atoms with E-state index in [1.807, 2.05) is 13.8 Å². The van der Waals surface area contributed by atoms with Crippen molar-refractivity contribution < 1.29 is 18.9 Å². The molecule has 0 saturated heterocycles. The van der Waals surface area contributed by atoms with Crippen LogP contribution in [0.5, 0.6) is 17.4 Å². The van der Waals surface area contributed by atoms with Crippen LogP contribution < -0.4 is 9.47 Å². The molecule has 0 unspecified atom stereocenters. The van der Waals surface area contributed by atoms with Crippen molar-refractivity contribution in [3.63, 3.8) is 0 Å². The highest BCUT2D eigenvalue weighted by Crippen LogP contribution is 2.29. The molecular weight excluding hydrogens is 353 g/mol. The molecule has 5 nitrogen and oxygen atoms in total. The minimum absolute atomic E-state index is 0.294. The van der Waals surface area contributed by atoms with Crippen molar-refractivity contribution in [1.82, 2.24) is 4.98 Å². The average Bonchev–Trinajstić information content (AvgIpc) is 2.57. The molecule has 2 aromatic rings. The molecule has 0 aliphatic carbocycles. The number of hydrogen-bond donors (Lipinski definition) is 0. The second-order valence-electron chi connectivity index (χ2n) is 4.67. The maximum Gasteiger partial charge on any atom is 0.238 e. The zero-order valence-corrected chi connectivity index (χ0v) is 15.0. The highest BCUT2D eigenvalue weighted by atomic mass is 35.5. The third-order valence-corrected chi connectivity index (χ3v) is 3.38. The molecule has 0 radical (unpaired) electrons. The number of rotatable bonds is 9. The molecule has 0 N–H and O–H groups in total. The molecule has 0 aliphatic heterocycles. The van der Waals surface area contributed by atoms with Gasteiger partial charge < -0.3 is 18.9 Å². The van der Waals surface area contributed by atoms with Gasteiger partial charge in [0, 0.05) is 19.4 Å².